The van der Waals surface area contributed by atoms with Crippen molar-refractivity contribution in [3.05, 3.63) is 18.2 Å². The van der Waals surface area contributed by atoms with Crippen LogP contribution in [0, 0.1) is 5.92 Å². The summed E-state index contributed by atoms with van der Waals surface area (Å²) < 4.78 is 82.3. The molecule has 0 aliphatic heterocycles. The Kier molecular flexibility index (Phi) is 7.78. The van der Waals surface area contributed by atoms with Gasteiger partial charge in [0.25, 0.3) is 10.0 Å². The van der Waals surface area contributed by atoms with Crippen LogP contribution in [0.25, 0.3) is 0 Å². The van der Waals surface area contributed by atoms with Gasteiger partial charge < -0.3 is 4.74 Å². The van der Waals surface area contributed by atoms with Crippen LogP contribution >= 0.6 is 0 Å². The Hall–Kier alpha value is -1.46. The lowest BCUT2D eigenvalue weighted by molar-refractivity contribution is 0.236. The Morgan fingerprint density at radius 1 is 1.08 bits per heavy atom. The van der Waals surface area contributed by atoms with Crippen LogP contribution in [-0.4, -0.2) is 35.7 Å². The summed E-state index contributed by atoms with van der Waals surface area (Å²) in [4.78, 5) is -0.459. The zero-order valence-corrected chi connectivity index (χ0v) is 16.6. The molecule has 2 N–H and O–H groups in total. The van der Waals surface area contributed by atoms with Gasteiger partial charge in [-0.05, 0) is 37.8 Å². The molecule has 0 aliphatic carbocycles. The van der Waals surface area contributed by atoms with E-state index in [-0.39, 0.29) is 5.75 Å². The van der Waals surface area contributed by atoms with E-state index in [0.29, 0.717) is 12.3 Å². The van der Waals surface area contributed by atoms with Crippen LogP contribution in [0.1, 0.15) is 33.6 Å². The maximum atomic E-state index is 12.6. The second-order valence-corrected chi connectivity index (χ2v) is 9.60. The lowest BCUT2D eigenvalue weighted by Gasteiger charge is -2.18. The third kappa shape index (κ3) is 6.36. The van der Waals surface area contributed by atoms with Gasteiger partial charge in [-0.15, -0.1) is 0 Å². The predicted octanol–water partition coefficient (Wildman–Crippen LogP) is 2.76. The quantitative estimate of drug-likeness (QED) is 0.613. The largest absolute Gasteiger partial charge is 0.497 e. The number of hydrogen-bond acceptors (Lipinski definition) is 5. The zero-order chi connectivity index (χ0) is 20.1. The molecular weight excluding hydrogens is 390 g/mol. The highest BCUT2D eigenvalue weighted by Crippen LogP contribution is 2.28. The van der Waals surface area contributed by atoms with Crippen LogP contribution in [0.4, 0.5) is 14.5 Å². The number of sulfonamides is 2. The molecular formula is C15H24F2N2O5S2. The van der Waals surface area contributed by atoms with Crippen molar-refractivity contribution in [3.8, 4) is 5.75 Å². The Morgan fingerprint density at radius 3 is 2.19 bits per heavy atom. The summed E-state index contributed by atoms with van der Waals surface area (Å²) in [5, 5.41) is 0. The fourth-order valence-electron chi connectivity index (χ4n) is 2.12. The summed E-state index contributed by atoms with van der Waals surface area (Å²) in [5.41, 5.74) is -0.506. The van der Waals surface area contributed by atoms with Crippen molar-refractivity contribution in [1.82, 2.24) is 4.72 Å². The van der Waals surface area contributed by atoms with Crippen molar-refractivity contribution in [1.29, 1.82) is 0 Å². The first-order chi connectivity index (χ1) is 11.9. The second-order valence-electron chi connectivity index (χ2n) is 6.26. The number of nitrogens with one attached hydrogen (secondary N) is 2. The summed E-state index contributed by atoms with van der Waals surface area (Å²) in [6.07, 6.45) is 1.36. The summed E-state index contributed by atoms with van der Waals surface area (Å²) in [7, 11) is -7.90. The average molecular weight is 414 g/mol. The van der Waals surface area contributed by atoms with Gasteiger partial charge in [0.15, 0.2) is 0 Å². The van der Waals surface area contributed by atoms with Crippen LogP contribution in [0.15, 0.2) is 23.1 Å². The van der Waals surface area contributed by atoms with Gasteiger partial charge in [-0.3, -0.25) is 4.72 Å². The third-order valence-electron chi connectivity index (χ3n) is 3.50. The van der Waals surface area contributed by atoms with Crippen molar-refractivity contribution < 1.29 is 30.4 Å². The van der Waals surface area contributed by atoms with Gasteiger partial charge in [0.2, 0.25) is 10.0 Å². The van der Waals surface area contributed by atoms with Crippen LogP contribution < -0.4 is 14.2 Å². The van der Waals surface area contributed by atoms with Crippen LogP contribution in [0.3, 0.4) is 0 Å². The van der Waals surface area contributed by atoms with Crippen LogP contribution in [-0.2, 0) is 20.0 Å². The molecule has 0 amide bonds. The van der Waals surface area contributed by atoms with Crippen molar-refractivity contribution in [2.45, 2.75) is 50.3 Å². The van der Waals surface area contributed by atoms with E-state index in [1.807, 2.05) is 13.8 Å². The van der Waals surface area contributed by atoms with Gasteiger partial charge >= 0.3 is 5.76 Å². The molecule has 0 fully saturated rings. The lowest BCUT2D eigenvalue weighted by Crippen LogP contribution is -2.33. The monoisotopic (exact) mass is 414 g/mol. The average Bonchev–Trinajstić information content (AvgIpc) is 2.51. The Morgan fingerprint density at radius 2 is 1.69 bits per heavy atom. The summed E-state index contributed by atoms with van der Waals surface area (Å²) in [5.74, 6) is -3.21. The SMILES string of the molecule is COc1ccc(S(=O)(=O)N[C@H](C)CCC(C)C)c(NS(=O)(=O)C(F)F)c1. The number of benzene rings is 1. The molecule has 0 spiro atoms. The van der Waals surface area contributed by atoms with E-state index in [9.17, 15) is 25.6 Å². The van der Waals surface area contributed by atoms with E-state index in [2.05, 4.69) is 4.72 Å². The van der Waals surface area contributed by atoms with E-state index in [1.165, 1.54) is 13.2 Å². The first-order valence-corrected chi connectivity index (χ1v) is 10.9. The van der Waals surface area contributed by atoms with Crippen LogP contribution in [0.5, 0.6) is 5.75 Å². The summed E-state index contributed by atoms with van der Waals surface area (Å²) in [6, 6.07) is 3.02. The first-order valence-electron chi connectivity index (χ1n) is 7.89. The highest BCUT2D eigenvalue weighted by Gasteiger charge is 2.28. The van der Waals surface area contributed by atoms with Gasteiger partial charge in [0.05, 0.1) is 12.8 Å². The smallest absolute Gasteiger partial charge is 0.355 e. The molecule has 1 atom stereocenters. The standard InChI is InChI=1S/C15H24F2N2O5S2/c1-10(2)5-6-11(3)18-25(20,21)14-8-7-12(24-4)9-13(14)19-26(22,23)15(16)17/h7-11,15,18-19H,5-6H2,1-4H3/t11-/m1/s1. The fourth-order valence-corrected chi connectivity index (χ4v) is 4.17. The molecule has 0 radical (unpaired) electrons. The van der Waals surface area contributed by atoms with Gasteiger partial charge in [-0.2, -0.15) is 8.78 Å². The molecule has 0 aromatic heterocycles. The van der Waals surface area contributed by atoms with E-state index in [0.717, 1.165) is 18.6 Å². The van der Waals surface area contributed by atoms with Gasteiger partial charge in [-0.1, -0.05) is 13.8 Å². The highest BCUT2D eigenvalue weighted by molar-refractivity contribution is 7.93. The first kappa shape index (κ1) is 22.6. The lowest BCUT2D eigenvalue weighted by atomic mass is 10.1. The van der Waals surface area contributed by atoms with Gasteiger partial charge in [0.1, 0.15) is 10.6 Å². The van der Waals surface area contributed by atoms with E-state index >= 15 is 0 Å². The molecule has 1 aromatic carbocycles. The summed E-state index contributed by atoms with van der Waals surface area (Å²) in [6.45, 7) is 5.68. The minimum absolute atomic E-state index is 0.115. The molecule has 1 aromatic rings. The fraction of sp³-hybridized carbons (Fsp3) is 0.600. The predicted molar refractivity (Wildman–Crippen MR) is 95.4 cm³/mol. The maximum Gasteiger partial charge on any atom is 0.355 e. The molecule has 150 valence electrons. The Labute approximate surface area is 153 Å². The molecule has 26 heavy (non-hydrogen) atoms. The van der Waals surface area contributed by atoms with Gasteiger partial charge in [-0.25, -0.2) is 21.6 Å². The zero-order valence-electron chi connectivity index (χ0n) is 15.0. The Balaban J connectivity index is 3.21. The number of ether oxygens (including phenoxy) is 1. The number of methoxy groups -OCH3 is 1. The molecule has 0 aliphatic rings. The van der Waals surface area contributed by atoms with Crippen LogP contribution in [0.2, 0.25) is 0 Å². The number of halogens is 2. The van der Waals surface area contributed by atoms with E-state index < -0.39 is 42.4 Å². The molecule has 0 saturated carbocycles. The molecule has 11 heteroatoms. The number of alkyl halides is 2. The molecule has 0 saturated heterocycles. The molecule has 0 bridgehead atoms. The normalized spacial score (nSPS) is 13.8. The molecule has 1 rings (SSSR count). The minimum Gasteiger partial charge on any atom is -0.497 e. The number of hydrogen-bond donors (Lipinski definition) is 2. The summed E-state index contributed by atoms with van der Waals surface area (Å²) >= 11 is 0. The molecule has 0 heterocycles. The third-order valence-corrected chi connectivity index (χ3v) is 6.12. The van der Waals surface area contributed by atoms with Crippen molar-refractivity contribution in [3.63, 3.8) is 0 Å². The number of anilines is 1. The molecule has 7 nitrogen and oxygen atoms in total. The second kappa shape index (κ2) is 8.96. The Bertz CT molecular complexity index is 811. The topological polar surface area (TPSA) is 102 Å². The van der Waals surface area contributed by atoms with E-state index in [1.54, 1.807) is 11.6 Å². The minimum atomic E-state index is -5.04. The van der Waals surface area contributed by atoms with Gasteiger partial charge in [0, 0.05) is 12.1 Å². The highest BCUT2D eigenvalue weighted by atomic mass is 32.2. The van der Waals surface area contributed by atoms with Crippen molar-refractivity contribution >= 4 is 25.7 Å². The maximum absolute atomic E-state index is 12.6. The van der Waals surface area contributed by atoms with E-state index in [4.69, 9.17) is 4.74 Å². The van der Waals surface area contributed by atoms with Crippen molar-refractivity contribution in [2.24, 2.45) is 5.92 Å². The van der Waals surface area contributed by atoms with Crippen molar-refractivity contribution in [2.75, 3.05) is 11.8 Å². The number of rotatable bonds is 10. The molecule has 0 unspecified atom stereocenters.